The van der Waals surface area contributed by atoms with Gasteiger partial charge in [0.1, 0.15) is 11.8 Å². The fraction of sp³-hybridized carbons (Fsp3) is 0.269. The Kier molecular flexibility index (Phi) is 8.88. The zero-order valence-electron chi connectivity index (χ0n) is 19.4. The van der Waals surface area contributed by atoms with Crippen molar-refractivity contribution in [3.63, 3.8) is 0 Å². The van der Waals surface area contributed by atoms with Crippen molar-refractivity contribution in [2.24, 2.45) is 0 Å². The summed E-state index contributed by atoms with van der Waals surface area (Å²) in [5.74, 6) is 0.227. The number of carbonyl (C=O) groups is 1. The van der Waals surface area contributed by atoms with Gasteiger partial charge >= 0.3 is 0 Å². The standard InChI is InChI=1S/C26H29BrN2O4S/c1-4-33-25-14-13-23(15-18(25)2)34(31,32)29-24(16-20-9-6-5-7-10-20)26(30)28-19(3)21-11-8-12-22(27)17-21/h5-15,17,19,24,29H,4,16H2,1-3H3,(H,28,30)/t19-,24-/m1/s1. The molecule has 0 aliphatic rings. The van der Waals surface area contributed by atoms with E-state index >= 15 is 0 Å². The highest BCUT2D eigenvalue weighted by Crippen LogP contribution is 2.23. The molecule has 0 saturated carbocycles. The zero-order chi connectivity index (χ0) is 24.7. The number of aryl methyl sites for hydroxylation is 1. The first-order valence-electron chi connectivity index (χ1n) is 11.0. The van der Waals surface area contributed by atoms with E-state index < -0.39 is 22.0 Å². The maximum Gasteiger partial charge on any atom is 0.241 e. The Morgan fingerprint density at radius 1 is 1.03 bits per heavy atom. The first-order valence-corrected chi connectivity index (χ1v) is 13.3. The molecule has 180 valence electrons. The average molecular weight is 545 g/mol. The summed E-state index contributed by atoms with van der Waals surface area (Å²) < 4.78 is 35.5. The minimum atomic E-state index is -3.96. The Hall–Kier alpha value is -2.68. The predicted octanol–water partition coefficient (Wildman–Crippen LogP) is 4.92. The van der Waals surface area contributed by atoms with Gasteiger partial charge in [0, 0.05) is 4.47 Å². The van der Waals surface area contributed by atoms with E-state index in [1.54, 1.807) is 19.1 Å². The molecule has 6 nitrogen and oxygen atoms in total. The molecule has 0 spiro atoms. The summed E-state index contributed by atoms with van der Waals surface area (Å²) in [6.45, 7) is 6.01. The number of hydrogen-bond acceptors (Lipinski definition) is 4. The van der Waals surface area contributed by atoms with Gasteiger partial charge in [-0.15, -0.1) is 0 Å². The lowest BCUT2D eigenvalue weighted by Crippen LogP contribution is -2.48. The minimum absolute atomic E-state index is 0.0827. The van der Waals surface area contributed by atoms with E-state index in [1.807, 2.05) is 68.4 Å². The fourth-order valence-electron chi connectivity index (χ4n) is 3.57. The van der Waals surface area contributed by atoms with Gasteiger partial charge in [-0.2, -0.15) is 4.72 Å². The smallest absolute Gasteiger partial charge is 0.241 e. The summed E-state index contributed by atoms with van der Waals surface area (Å²) in [6.07, 6.45) is 0.215. The lowest BCUT2D eigenvalue weighted by Gasteiger charge is -2.22. The highest BCUT2D eigenvalue weighted by atomic mass is 79.9. The first kappa shape index (κ1) is 25.9. The van der Waals surface area contributed by atoms with Gasteiger partial charge in [0.25, 0.3) is 0 Å². The maximum atomic E-state index is 13.3. The molecule has 0 saturated heterocycles. The molecule has 0 aliphatic carbocycles. The van der Waals surface area contributed by atoms with Crippen LogP contribution in [0.2, 0.25) is 0 Å². The van der Waals surface area contributed by atoms with Gasteiger partial charge in [-0.3, -0.25) is 4.79 Å². The zero-order valence-corrected chi connectivity index (χ0v) is 21.8. The second-order valence-electron chi connectivity index (χ2n) is 8.01. The number of sulfonamides is 1. The second kappa shape index (κ2) is 11.6. The summed E-state index contributed by atoms with van der Waals surface area (Å²) in [5.41, 5.74) is 2.46. The van der Waals surface area contributed by atoms with E-state index in [9.17, 15) is 13.2 Å². The van der Waals surface area contributed by atoms with Crippen molar-refractivity contribution >= 4 is 31.9 Å². The second-order valence-corrected chi connectivity index (χ2v) is 10.6. The fourth-order valence-corrected chi connectivity index (χ4v) is 5.27. The van der Waals surface area contributed by atoms with E-state index in [0.717, 1.165) is 15.6 Å². The number of ether oxygens (including phenoxy) is 1. The lowest BCUT2D eigenvalue weighted by atomic mass is 10.0. The Labute approximate surface area is 209 Å². The molecule has 3 aromatic rings. The topological polar surface area (TPSA) is 84.5 Å². The van der Waals surface area contributed by atoms with Crippen LogP contribution in [-0.2, 0) is 21.2 Å². The molecular weight excluding hydrogens is 516 g/mol. The van der Waals surface area contributed by atoms with Crippen molar-refractivity contribution in [3.8, 4) is 5.75 Å². The quantitative estimate of drug-likeness (QED) is 0.379. The third-order valence-corrected chi connectivity index (χ3v) is 7.32. The Morgan fingerprint density at radius 2 is 1.76 bits per heavy atom. The normalized spacial score (nSPS) is 13.2. The molecule has 0 bridgehead atoms. The molecule has 2 N–H and O–H groups in total. The van der Waals surface area contributed by atoms with E-state index in [4.69, 9.17) is 4.74 Å². The summed E-state index contributed by atoms with van der Waals surface area (Å²) in [4.78, 5) is 13.3. The lowest BCUT2D eigenvalue weighted by molar-refractivity contribution is -0.123. The van der Waals surface area contributed by atoms with Crippen molar-refractivity contribution in [1.82, 2.24) is 10.0 Å². The van der Waals surface area contributed by atoms with Gasteiger partial charge in [0.05, 0.1) is 17.5 Å². The van der Waals surface area contributed by atoms with E-state index in [2.05, 4.69) is 26.0 Å². The number of hydrogen-bond donors (Lipinski definition) is 2. The number of nitrogens with one attached hydrogen (secondary N) is 2. The van der Waals surface area contributed by atoms with Gasteiger partial charge in [-0.25, -0.2) is 8.42 Å². The van der Waals surface area contributed by atoms with Crippen LogP contribution >= 0.6 is 15.9 Å². The predicted molar refractivity (Wildman–Crippen MR) is 137 cm³/mol. The largest absolute Gasteiger partial charge is 0.494 e. The van der Waals surface area contributed by atoms with Crippen molar-refractivity contribution in [3.05, 3.63) is 94.0 Å². The Balaban J connectivity index is 1.85. The first-order chi connectivity index (χ1) is 16.2. The summed E-state index contributed by atoms with van der Waals surface area (Å²) >= 11 is 3.44. The van der Waals surface area contributed by atoms with Gasteiger partial charge in [-0.05, 0) is 74.2 Å². The van der Waals surface area contributed by atoms with Crippen LogP contribution in [0.3, 0.4) is 0 Å². The van der Waals surface area contributed by atoms with Crippen LogP contribution in [0.15, 0.2) is 82.2 Å². The molecule has 1 amide bonds. The van der Waals surface area contributed by atoms with Crippen molar-refractivity contribution in [1.29, 1.82) is 0 Å². The molecule has 0 heterocycles. The van der Waals surface area contributed by atoms with Gasteiger partial charge in [0.15, 0.2) is 0 Å². The van der Waals surface area contributed by atoms with Crippen LogP contribution in [-0.4, -0.2) is 27.0 Å². The molecule has 3 aromatic carbocycles. The highest BCUT2D eigenvalue weighted by molar-refractivity contribution is 9.10. The molecule has 0 fully saturated rings. The van der Waals surface area contributed by atoms with Crippen LogP contribution in [0, 0.1) is 6.92 Å². The van der Waals surface area contributed by atoms with E-state index in [1.165, 1.54) is 6.07 Å². The molecule has 2 atom stereocenters. The molecule has 0 aliphatic heterocycles. The molecule has 3 rings (SSSR count). The number of carbonyl (C=O) groups excluding carboxylic acids is 1. The molecule has 8 heteroatoms. The molecule has 0 unspecified atom stereocenters. The highest BCUT2D eigenvalue weighted by Gasteiger charge is 2.27. The van der Waals surface area contributed by atoms with Crippen molar-refractivity contribution in [2.45, 2.75) is 44.2 Å². The van der Waals surface area contributed by atoms with Gasteiger partial charge < -0.3 is 10.1 Å². The molecule has 0 aromatic heterocycles. The number of halogens is 1. The summed E-state index contributed by atoms with van der Waals surface area (Å²) in [6, 6.07) is 20.3. The third-order valence-electron chi connectivity index (χ3n) is 5.36. The monoisotopic (exact) mass is 544 g/mol. The van der Waals surface area contributed by atoms with E-state index in [0.29, 0.717) is 17.9 Å². The Morgan fingerprint density at radius 3 is 2.41 bits per heavy atom. The van der Waals surface area contributed by atoms with Gasteiger partial charge in [-0.1, -0.05) is 58.4 Å². The number of benzene rings is 3. The Bertz CT molecular complexity index is 1230. The van der Waals surface area contributed by atoms with Crippen LogP contribution in [0.1, 0.15) is 36.6 Å². The summed E-state index contributed by atoms with van der Waals surface area (Å²) in [7, 11) is -3.96. The third kappa shape index (κ3) is 6.91. The summed E-state index contributed by atoms with van der Waals surface area (Å²) in [5, 5.41) is 2.95. The van der Waals surface area contributed by atoms with Crippen LogP contribution in [0.4, 0.5) is 0 Å². The molecular formula is C26H29BrN2O4S. The number of rotatable bonds is 10. The van der Waals surface area contributed by atoms with Gasteiger partial charge in [0.2, 0.25) is 15.9 Å². The van der Waals surface area contributed by atoms with E-state index in [-0.39, 0.29) is 17.4 Å². The minimum Gasteiger partial charge on any atom is -0.494 e. The van der Waals surface area contributed by atoms with Crippen molar-refractivity contribution < 1.29 is 17.9 Å². The van der Waals surface area contributed by atoms with Crippen LogP contribution in [0.5, 0.6) is 5.75 Å². The maximum absolute atomic E-state index is 13.3. The number of amides is 1. The molecule has 34 heavy (non-hydrogen) atoms. The van der Waals surface area contributed by atoms with Crippen LogP contribution in [0.25, 0.3) is 0 Å². The van der Waals surface area contributed by atoms with Crippen LogP contribution < -0.4 is 14.8 Å². The molecule has 0 radical (unpaired) electrons. The van der Waals surface area contributed by atoms with Crippen molar-refractivity contribution in [2.75, 3.05) is 6.61 Å². The average Bonchev–Trinajstić information content (AvgIpc) is 2.80. The SMILES string of the molecule is CCOc1ccc(S(=O)(=O)N[C@H](Cc2ccccc2)C(=O)N[C@H](C)c2cccc(Br)c2)cc1C.